The van der Waals surface area contributed by atoms with Crippen molar-refractivity contribution >= 4 is 0 Å². The van der Waals surface area contributed by atoms with Crippen LogP contribution < -0.4 is 14.8 Å². The molecule has 0 radical (unpaired) electrons. The molecular weight excluding hydrogens is 302 g/mol. The predicted octanol–water partition coefficient (Wildman–Crippen LogP) is 3.15. The van der Waals surface area contributed by atoms with Gasteiger partial charge in [-0.25, -0.2) is 0 Å². The van der Waals surface area contributed by atoms with Gasteiger partial charge in [0.15, 0.2) is 0 Å². The minimum absolute atomic E-state index is 0.526. The Morgan fingerprint density at radius 1 is 0.875 bits per heavy atom. The molecule has 2 aliphatic carbocycles. The highest BCUT2D eigenvalue weighted by molar-refractivity contribution is 5.33. The van der Waals surface area contributed by atoms with Crippen molar-refractivity contribution < 1.29 is 14.2 Å². The van der Waals surface area contributed by atoms with Gasteiger partial charge in [0.2, 0.25) is 0 Å². The van der Waals surface area contributed by atoms with Crippen LogP contribution in [0, 0.1) is 11.8 Å². The fourth-order valence-electron chi connectivity index (χ4n) is 4.50. The predicted molar refractivity (Wildman–Crippen MR) is 91.5 cm³/mol. The van der Waals surface area contributed by atoms with Crippen molar-refractivity contribution in [3.8, 4) is 11.5 Å². The van der Waals surface area contributed by atoms with Gasteiger partial charge in [0, 0.05) is 18.2 Å². The van der Waals surface area contributed by atoms with Crippen molar-refractivity contribution in [2.75, 3.05) is 13.2 Å². The Hall–Kier alpha value is -1.26. The molecule has 2 heterocycles. The van der Waals surface area contributed by atoms with Crippen LogP contribution in [0.5, 0.6) is 11.5 Å². The highest BCUT2D eigenvalue weighted by Crippen LogP contribution is 2.39. The molecule has 0 bridgehead atoms. The molecule has 4 nitrogen and oxygen atoms in total. The first-order valence-corrected chi connectivity index (χ1v) is 9.60. The highest BCUT2D eigenvalue weighted by Gasteiger charge is 2.44. The number of ether oxygens (including phenoxy) is 3. The molecule has 4 aliphatic rings. The Morgan fingerprint density at radius 3 is 2.38 bits per heavy atom. The fraction of sp³-hybridized carbons (Fsp3) is 0.700. The molecule has 1 N–H and O–H groups in total. The molecule has 1 aromatic carbocycles. The van der Waals surface area contributed by atoms with Crippen LogP contribution in [0.2, 0.25) is 0 Å². The highest BCUT2D eigenvalue weighted by atomic mass is 16.6. The maximum absolute atomic E-state index is 6.04. The first-order valence-electron chi connectivity index (χ1n) is 9.60. The van der Waals surface area contributed by atoms with Crippen molar-refractivity contribution in [3.05, 3.63) is 24.3 Å². The minimum Gasteiger partial charge on any atom is -0.493 e. The molecule has 5 rings (SSSR count). The van der Waals surface area contributed by atoms with E-state index in [2.05, 4.69) is 5.32 Å². The summed E-state index contributed by atoms with van der Waals surface area (Å²) >= 11 is 0. The van der Waals surface area contributed by atoms with Crippen LogP contribution in [0.3, 0.4) is 0 Å². The third-order valence-electron chi connectivity index (χ3n) is 6.17. The van der Waals surface area contributed by atoms with Crippen molar-refractivity contribution in [2.24, 2.45) is 11.8 Å². The lowest BCUT2D eigenvalue weighted by Gasteiger charge is -2.21. The smallest absolute Gasteiger partial charge is 0.122 e. The maximum atomic E-state index is 6.04. The molecule has 6 unspecified atom stereocenters. The number of hydrogen-bond acceptors (Lipinski definition) is 4. The Kier molecular flexibility index (Phi) is 3.90. The molecule has 0 spiro atoms. The lowest BCUT2D eigenvalue weighted by Crippen LogP contribution is -2.20. The van der Waals surface area contributed by atoms with Crippen LogP contribution in [0.25, 0.3) is 0 Å². The first-order chi connectivity index (χ1) is 11.8. The normalized spacial score (nSPS) is 39.5. The van der Waals surface area contributed by atoms with Gasteiger partial charge in [-0.05, 0) is 62.5 Å². The summed E-state index contributed by atoms with van der Waals surface area (Å²) < 4.78 is 17.7. The van der Waals surface area contributed by atoms with Gasteiger partial charge < -0.3 is 19.5 Å². The van der Waals surface area contributed by atoms with Gasteiger partial charge in [0.1, 0.15) is 11.5 Å². The zero-order valence-corrected chi connectivity index (χ0v) is 14.2. The van der Waals surface area contributed by atoms with E-state index in [-0.39, 0.29) is 0 Å². The van der Waals surface area contributed by atoms with Crippen LogP contribution >= 0.6 is 0 Å². The molecule has 0 amide bonds. The second-order valence-corrected chi connectivity index (χ2v) is 8.05. The van der Waals surface area contributed by atoms with Gasteiger partial charge in [-0.1, -0.05) is 6.07 Å². The largest absolute Gasteiger partial charge is 0.493 e. The standard InChI is InChI=1S/C20H27NO3/c1-2-15(22-11-13-4-6-17-18(8-13)21-17)10-16(3-1)23-12-14-5-7-19-20(9-14)24-19/h1-3,10,13-14,17-21H,4-9,11-12H2. The number of fused-ring (bicyclic) bond motifs is 2. The van der Waals surface area contributed by atoms with Crippen molar-refractivity contribution in [3.63, 3.8) is 0 Å². The van der Waals surface area contributed by atoms with Crippen molar-refractivity contribution in [1.29, 1.82) is 0 Å². The summed E-state index contributed by atoms with van der Waals surface area (Å²) in [7, 11) is 0. The van der Waals surface area contributed by atoms with Gasteiger partial charge in [-0.15, -0.1) is 0 Å². The first kappa shape index (κ1) is 15.0. The van der Waals surface area contributed by atoms with E-state index < -0.39 is 0 Å². The average molecular weight is 329 g/mol. The van der Waals surface area contributed by atoms with Crippen molar-refractivity contribution in [1.82, 2.24) is 5.32 Å². The fourth-order valence-corrected chi connectivity index (χ4v) is 4.50. The minimum atomic E-state index is 0.526. The zero-order valence-electron chi connectivity index (χ0n) is 14.2. The van der Waals surface area contributed by atoms with E-state index >= 15 is 0 Å². The van der Waals surface area contributed by atoms with Gasteiger partial charge in [-0.2, -0.15) is 0 Å². The number of nitrogens with one attached hydrogen (secondary N) is 1. The summed E-state index contributed by atoms with van der Waals surface area (Å²) in [6.45, 7) is 1.63. The van der Waals surface area contributed by atoms with Gasteiger partial charge in [-0.3, -0.25) is 0 Å². The maximum Gasteiger partial charge on any atom is 0.122 e. The topological polar surface area (TPSA) is 52.9 Å². The molecular formula is C20H27NO3. The molecule has 1 aromatic rings. The lowest BCUT2D eigenvalue weighted by atomic mass is 9.90. The summed E-state index contributed by atoms with van der Waals surface area (Å²) in [5, 5.41) is 3.54. The third-order valence-corrected chi connectivity index (χ3v) is 6.17. The SMILES string of the molecule is c1cc(OCC2CCC3NC3C2)cc(OCC2CCC3OC3C2)c1. The Balaban J connectivity index is 1.10. The summed E-state index contributed by atoms with van der Waals surface area (Å²) in [6.07, 6.45) is 8.57. The summed E-state index contributed by atoms with van der Waals surface area (Å²) in [5.41, 5.74) is 0. The summed E-state index contributed by atoms with van der Waals surface area (Å²) in [4.78, 5) is 0. The van der Waals surface area contributed by atoms with E-state index in [4.69, 9.17) is 14.2 Å². The second-order valence-electron chi connectivity index (χ2n) is 8.05. The molecule has 24 heavy (non-hydrogen) atoms. The molecule has 0 aromatic heterocycles. The number of hydrogen-bond donors (Lipinski definition) is 1. The van der Waals surface area contributed by atoms with E-state index in [1.165, 1.54) is 38.5 Å². The van der Waals surface area contributed by atoms with E-state index in [0.29, 0.717) is 24.0 Å². The molecule has 4 heteroatoms. The molecule has 130 valence electrons. The Morgan fingerprint density at radius 2 is 1.62 bits per heavy atom. The van der Waals surface area contributed by atoms with Crippen LogP contribution in [0.15, 0.2) is 24.3 Å². The van der Waals surface area contributed by atoms with Crippen LogP contribution in [0.4, 0.5) is 0 Å². The van der Waals surface area contributed by atoms with Crippen LogP contribution in [0.1, 0.15) is 38.5 Å². The molecule has 2 saturated heterocycles. The van der Waals surface area contributed by atoms with Crippen LogP contribution in [-0.2, 0) is 4.74 Å². The quantitative estimate of drug-likeness (QED) is 0.815. The van der Waals surface area contributed by atoms with Gasteiger partial charge in [0.05, 0.1) is 25.4 Å². The van der Waals surface area contributed by atoms with Gasteiger partial charge >= 0.3 is 0 Å². The monoisotopic (exact) mass is 329 g/mol. The summed E-state index contributed by atoms with van der Waals surface area (Å²) in [6, 6.07) is 9.73. The van der Waals surface area contributed by atoms with Gasteiger partial charge in [0.25, 0.3) is 0 Å². The number of benzene rings is 1. The number of epoxide rings is 1. The van der Waals surface area contributed by atoms with E-state index in [0.717, 1.165) is 36.8 Å². The molecule has 4 fully saturated rings. The molecule has 2 saturated carbocycles. The molecule has 6 atom stereocenters. The van der Waals surface area contributed by atoms with E-state index in [1.807, 2.05) is 24.3 Å². The van der Waals surface area contributed by atoms with Crippen molar-refractivity contribution in [2.45, 2.75) is 62.8 Å². The van der Waals surface area contributed by atoms with E-state index in [1.54, 1.807) is 0 Å². The van der Waals surface area contributed by atoms with Crippen LogP contribution in [-0.4, -0.2) is 37.5 Å². The second kappa shape index (κ2) is 6.23. The lowest BCUT2D eigenvalue weighted by molar-refractivity contribution is 0.209. The average Bonchev–Trinajstić information content (AvgIpc) is 3.52. The van der Waals surface area contributed by atoms with E-state index in [9.17, 15) is 0 Å². The third kappa shape index (κ3) is 3.40. The zero-order chi connectivity index (χ0) is 15.9. The summed E-state index contributed by atoms with van der Waals surface area (Å²) in [5.74, 6) is 3.20. The number of rotatable bonds is 6. The Bertz CT molecular complexity index is 545. The Labute approximate surface area is 143 Å². The molecule has 2 aliphatic heterocycles.